The number of carbonyl (C=O) groups is 1. The summed E-state index contributed by atoms with van der Waals surface area (Å²) in [6, 6.07) is 10.7. The number of carboxylic acid groups (broad SMARTS) is 1. The van der Waals surface area contributed by atoms with Gasteiger partial charge in [-0.15, -0.1) is 0 Å². The lowest BCUT2D eigenvalue weighted by Crippen LogP contribution is -2.17. The molecule has 1 aromatic carbocycles. The van der Waals surface area contributed by atoms with Crippen molar-refractivity contribution in [1.82, 2.24) is 15.0 Å². The van der Waals surface area contributed by atoms with E-state index in [9.17, 15) is 9.90 Å². The van der Waals surface area contributed by atoms with Crippen LogP contribution >= 0.6 is 11.6 Å². The molecule has 0 radical (unpaired) electrons. The first-order valence-electron chi connectivity index (χ1n) is 10.5. The minimum atomic E-state index is -0.937. The van der Waals surface area contributed by atoms with Gasteiger partial charge in [-0.25, -0.2) is 15.0 Å². The summed E-state index contributed by atoms with van der Waals surface area (Å²) in [4.78, 5) is 24.5. The molecule has 0 amide bonds. The largest absolute Gasteiger partial charge is 0.490 e. The predicted molar refractivity (Wildman–Crippen MR) is 122 cm³/mol. The molecule has 166 valence electrons. The van der Waals surface area contributed by atoms with Crippen LogP contribution in [0.2, 0.25) is 5.02 Å². The molecule has 1 atom stereocenters. The van der Waals surface area contributed by atoms with Gasteiger partial charge in [0, 0.05) is 23.7 Å². The summed E-state index contributed by atoms with van der Waals surface area (Å²) in [6.45, 7) is 1.41. The second kappa shape index (κ2) is 10.3. The number of hydrogen-bond donors (Lipinski definition) is 3. The Morgan fingerprint density at radius 3 is 2.88 bits per heavy atom. The van der Waals surface area contributed by atoms with Gasteiger partial charge in [0.1, 0.15) is 5.82 Å². The zero-order valence-electron chi connectivity index (χ0n) is 17.4. The van der Waals surface area contributed by atoms with Crippen molar-refractivity contribution in [3.63, 3.8) is 0 Å². The molecule has 3 heterocycles. The molecular formula is C23H24ClN5O3. The Hall–Kier alpha value is -3.39. The highest BCUT2D eigenvalue weighted by Crippen LogP contribution is 2.24. The molecule has 0 fully saturated rings. The number of aliphatic carboxylic acids is 1. The zero-order valence-corrected chi connectivity index (χ0v) is 18.2. The van der Waals surface area contributed by atoms with Gasteiger partial charge in [0.15, 0.2) is 5.75 Å². The number of halogens is 1. The van der Waals surface area contributed by atoms with Crippen LogP contribution in [0.25, 0.3) is 0 Å². The number of fused-ring (bicyclic) bond motifs is 1. The van der Waals surface area contributed by atoms with Crippen LogP contribution in [0, 0.1) is 0 Å². The topological polar surface area (TPSA) is 109 Å². The minimum absolute atomic E-state index is 0.134. The molecule has 0 saturated carbocycles. The first-order valence-corrected chi connectivity index (χ1v) is 10.9. The predicted octanol–water partition coefficient (Wildman–Crippen LogP) is 4.13. The molecule has 0 saturated heterocycles. The zero-order chi connectivity index (χ0) is 22.3. The number of nitrogens with one attached hydrogen (secondary N) is 2. The Labute approximate surface area is 191 Å². The van der Waals surface area contributed by atoms with Gasteiger partial charge >= 0.3 is 5.97 Å². The summed E-state index contributed by atoms with van der Waals surface area (Å²) in [7, 11) is 0. The van der Waals surface area contributed by atoms with E-state index in [0.29, 0.717) is 29.7 Å². The number of pyridine rings is 1. The summed E-state index contributed by atoms with van der Waals surface area (Å²) in [5.41, 5.74) is 2.97. The Kier molecular flexibility index (Phi) is 7.01. The van der Waals surface area contributed by atoms with Crippen LogP contribution in [0.15, 0.2) is 48.8 Å². The van der Waals surface area contributed by atoms with Crippen molar-refractivity contribution < 1.29 is 14.6 Å². The molecule has 8 nitrogen and oxygen atoms in total. The molecule has 0 bridgehead atoms. The van der Waals surface area contributed by atoms with Crippen molar-refractivity contribution in [1.29, 1.82) is 0 Å². The number of nitrogens with zero attached hydrogens (tertiary/aromatic N) is 3. The van der Waals surface area contributed by atoms with Crippen LogP contribution in [-0.2, 0) is 17.6 Å². The molecule has 3 aromatic rings. The van der Waals surface area contributed by atoms with E-state index in [4.69, 9.17) is 16.3 Å². The summed E-state index contributed by atoms with van der Waals surface area (Å²) < 4.78 is 5.75. The third kappa shape index (κ3) is 5.85. The molecule has 32 heavy (non-hydrogen) atoms. The molecule has 1 unspecified atom stereocenters. The van der Waals surface area contributed by atoms with Gasteiger partial charge in [-0.05, 0) is 42.2 Å². The summed E-state index contributed by atoms with van der Waals surface area (Å²) in [5, 5.41) is 16.2. The number of carboxylic acids is 1. The van der Waals surface area contributed by atoms with Crippen LogP contribution in [0.3, 0.4) is 0 Å². The standard InChI is InChI=1S/C23H24ClN5O3/c24-17-5-1-3-16(11-17)20(12-21(30)31)29-23-26-13-19(14-27-23)32-10-8-18-7-6-15-4-2-9-25-22(15)28-18/h1,3,5-7,11,13-14,20H,2,4,8-10,12H2,(H,25,28)(H,30,31)(H,26,27,29). The Balaban J connectivity index is 1.33. The monoisotopic (exact) mass is 453 g/mol. The Bertz CT molecular complexity index is 1080. The molecule has 1 aliphatic heterocycles. The van der Waals surface area contributed by atoms with Crippen molar-refractivity contribution in [3.8, 4) is 5.75 Å². The lowest BCUT2D eigenvalue weighted by atomic mass is 10.0. The van der Waals surface area contributed by atoms with Gasteiger partial charge in [-0.3, -0.25) is 4.79 Å². The van der Waals surface area contributed by atoms with Crippen LogP contribution in [0.5, 0.6) is 5.75 Å². The Morgan fingerprint density at radius 1 is 1.25 bits per heavy atom. The third-order valence-electron chi connectivity index (χ3n) is 5.14. The minimum Gasteiger partial charge on any atom is -0.490 e. The maximum absolute atomic E-state index is 11.3. The summed E-state index contributed by atoms with van der Waals surface area (Å²) >= 11 is 6.05. The lowest BCUT2D eigenvalue weighted by molar-refractivity contribution is -0.137. The fourth-order valence-electron chi connectivity index (χ4n) is 3.55. The van der Waals surface area contributed by atoms with Crippen molar-refractivity contribution in [3.05, 3.63) is 70.6 Å². The van der Waals surface area contributed by atoms with Crippen LogP contribution in [0.1, 0.15) is 35.7 Å². The van der Waals surface area contributed by atoms with Crippen LogP contribution in [0.4, 0.5) is 11.8 Å². The highest BCUT2D eigenvalue weighted by atomic mass is 35.5. The molecule has 1 aliphatic rings. The number of benzene rings is 1. The van der Waals surface area contributed by atoms with Gasteiger partial charge in [0.25, 0.3) is 0 Å². The van der Waals surface area contributed by atoms with E-state index < -0.39 is 12.0 Å². The smallest absolute Gasteiger partial charge is 0.305 e. The van der Waals surface area contributed by atoms with Crippen molar-refractivity contribution in [2.24, 2.45) is 0 Å². The SMILES string of the molecule is O=C(O)CC(Nc1ncc(OCCc2ccc3c(n2)NCCC3)cn1)c1cccc(Cl)c1. The average molecular weight is 454 g/mol. The first-order chi connectivity index (χ1) is 15.6. The van der Waals surface area contributed by atoms with Gasteiger partial charge in [-0.2, -0.15) is 0 Å². The Morgan fingerprint density at radius 2 is 2.09 bits per heavy atom. The first kappa shape index (κ1) is 21.8. The van der Waals surface area contributed by atoms with E-state index in [1.54, 1.807) is 30.6 Å². The summed E-state index contributed by atoms with van der Waals surface area (Å²) in [6.07, 6.45) is 5.86. The van der Waals surface area contributed by atoms with Crippen molar-refractivity contribution in [2.45, 2.75) is 31.7 Å². The fourth-order valence-corrected chi connectivity index (χ4v) is 3.75. The fraction of sp³-hybridized carbons (Fsp3) is 0.304. The average Bonchev–Trinajstić information content (AvgIpc) is 2.79. The van der Waals surface area contributed by atoms with Crippen LogP contribution < -0.4 is 15.4 Å². The molecule has 9 heteroatoms. The second-order valence-electron chi connectivity index (χ2n) is 7.53. The van der Waals surface area contributed by atoms with Crippen molar-refractivity contribution in [2.75, 3.05) is 23.8 Å². The molecule has 0 spiro atoms. The van der Waals surface area contributed by atoms with E-state index in [1.807, 2.05) is 12.1 Å². The summed E-state index contributed by atoms with van der Waals surface area (Å²) in [5.74, 6) is 0.881. The second-order valence-corrected chi connectivity index (χ2v) is 7.97. The van der Waals surface area contributed by atoms with Crippen molar-refractivity contribution >= 4 is 29.3 Å². The number of aryl methyl sites for hydroxylation is 1. The molecular weight excluding hydrogens is 430 g/mol. The molecule has 4 rings (SSSR count). The maximum Gasteiger partial charge on any atom is 0.305 e. The van der Waals surface area contributed by atoms with E-state index in [0.717, 1.165) is 36.5 Å². The molecule has 2 aromatic heterocycles. The number of rotatable bonds is 9. The number of anilines is 2. The van der Waals surface area contributed by atoms with Gasteiger partial charge in [0.2, 0.25) is 5.95 Å². The lowest BCUT2D eigenvalue weighted by Gasteiger charge is -2.18. The van der Waals surface area contributed by atoms with Crippen LogP contribution in [-0.4, -0.2) is 39.2 Å². The maximum atomic E-state index is 11.3. The quantitative estimate of drug-likeness (QED) is 0.443. The molecule has 3 N–H and O–H groups in total. The normalized spacial score (nSPS) is 13.5. The number of hydrogen-bond acceptors (Lipinski definition) is 7. The van der Waals surface area contributed by atoms with E-state index in [2.05, 4.69) is 31.7 Å². The van der Waals surface area contributed by atoms with E-state index in [-0.39, 0.29) is 6.42 Å². The highest BCUT2D eigenvalue weighted by molar-refractivity contribution is 6.30. The van der Waals surface area contributed by atoms with E-state index >= 15 is 0 Å². The van der Waals surface area contributed by atoms with Gasteiger partial charge in [-0.1, -0.05) is 29.8 Å². The van der Waals surface area contributed by atoms with E-state index in [1.165, 1.54) is 5.56 Å². The number of aromatic nitrogens is 3. The third-order valence-corrected chi connectivity index (χ3v) is 5.38. The van der Waals surface area contributed by atoms with Gasteiger partial charge < -0.3 is 20.5 Å². The number of ether oxygens (including phenoxy) is 1. The molecule has 0 aliphatic carbocycles. The highest BCUT2D eigenvalue weighted by Gasteiger charge is 2.17. The van der Waals surface area contributed by atoms with Gasteiger partial charge in [0.05, 0.1) is 31.5 Å².